The minimum absolute atomic E-state index is 0.156. The highest BCUT2D eigenvalue weighted by Gasteiger charge is 2.65. The SMILES string of the molecule is CC#C[C@]1(C(=O)CC)CC[C@H]2[C@@H]3CC(C)C4=CC(N=O)CCC4=C3C(c3ccc(N4CCCCC4)cc3)C[C@@]21C. The molecule has 212 valence electrons. The van der Waals surface area contributed by atoms with Gasteiger partial charge in [-0.1, -0.05) is 55.7 Å². The standard InChI is InChI=1S/C36H46N2O2/c1-5-17-36(33(39)6-2)18-16-32-30-21-24(3)29-22-26(37-40)12-15-28(29)34(30)31(23-35(32,36)4)25-10-13-27(14-11-25)38-19-8-7-9-20-38/h10-11,13-14,22,24,26,30-32H,6-9,12,15-16,18-21,23H2,1-4H3/t24?,26?,30-,31?,32-,35-,36+/m0/s1. The molecule has 3 fully saturated rings. The number of hydrogen-bond acceptors (Lipinski definition) is 4. The quantitative estimate of drug-likeness (QED) is 0.279. The Labute approximate surface area is 241 Å². The van der Waals surface area contributed by atoms with Gasteiger partial charge in [-0.05, 0) is 117 Å². The molecule has 1 saturated heterocycles. The Hall–Kier alpha value is -2.67. The van der Waals surface area contributed by atoms with Crippen molar-refractivity contribution in [1.29, 1.82) is 0 Å². The molecule has 3 unspecified atom stereocenters. The molecule has 40 heavy (non-hydrogen) atoms. The maximum Gasteiger partial charge on any atom is 0.151 e. The van der Waals surface area contributed by atoms with Crippen LogP contribution in [-0.4, -0.2) is 24.9 Å². The van der Waals surface area contributed by atoms with Crippen molar-refractivity contribution in [1.82, 2.24) is 0 Å². The van der Waals surface area contributed by atoms with Gasteiger partial charge in [0.25, 0.3) is 0 Å². The Kier molecular flexibility index (Phi) is 7.30. The number of allylic oxidation sites excluding steroid dienone is 3. The van der Waals surface area contributed by atoms with Crippen molar-refractivity contribution >= 4 is 11.5 Å². The first-order valence-corrected chi connectivity index (χ1v) is 16.0. The predicted molar refractivity (Wildman–Crippen MR) is 163 cm³/mol. The van der Waals surface area contributed by atoms with Crippen LogP contribution in [0.4, 0.5) is 5.69 Å². The van der Waals surface area contributed by atoms with Gasteiger partial charge in [0.15, 0.2) is 5.78 Å². The molecule has 0 bridgehead atoms. The summed E-state index contributed by atoms with van der Waals surface area (Å²) in [5, 5.41) is 3.43. The summed E-state index contributed by atoms with van der Waals surface area (Å²) >= 11 is 0. The average molecular weight is 539 g/mol. The summed E-state index contributed by atoms with van der Waals surface area (Å²) in [6.45, 7) is 11.0. The van der Waals surface area contributed by atoms with Crippen molar-refractivity contribution in [2.45, 2.75) is 104 Å². The van der Waals surface area contributed by atoms with Gasteiger partial charge < -0.3 is 4.90 Å². The topological polar surface area (TPSA) is 49.7 Å². The molecule has 1 heterocycles. The van der Waals surface area contributed by atoms with Gasteiger partial charge in [0, 0.05) is 31.1 Å². The van der Waals surface area contributed by atoms with Crippen LogP contribution in [-0.2, 0) is 4.79 Å². The number of anilines is 1. The Bertz CT molecular complexity index is 1290. The zero-order chi connectivity index (χ0) is 28.1. The van der Waals surface area contributed by atoms with E-state index in [1.54, 1.807) is 5.57 Å². The van der Waals surface area contributed by atoms with Crippen LogP contribution >= 0.6 is 0 Å². The number of fused-ring (bicyclic) bond motifs is 4. The lowest BCUT2D eigenvalue weighted by Crippen LogP contribution is -2.51. The van der Waals surface area contributed by atoms with Gasteiger partial charge >= 0.3 is 0 Å². The summed E-state index contributed by atoms with van der Waals surface area (Å²) in [5.74, 6) is 8.73. The minimum Gasteiger partial charge on any atom is -0.372 e. The van der Waals surface area contributed by atoms with Gasteiger partial charge in [0.05, 0.1) is 5.41 Å². The van der Waals surface area contributed by atoms with Gasteiger partial charge in [-0.2, -0.15) is 4.91 Å². The molecule has 2 saturated carbocycles. The highest BCUT2D eigenvalue weighted by Crippen LogP contribution is 2.70. The Balaban J connectivity index is 1.49. The maximum atomic E-state index is 13.8. The number of hydrogen-bond donors (Lipinski definition) is 0. The molecule has 4 aliphatic carbocycles. The summed E-state index contributed by atoms with van der Waals surface area (Å²) in [6.07, 6.45) is 12.4. The second kappa shape index (κ2) is 10.6. The van der Waals surface area contributed by atoms with Crippen molar-refractivity contribution in [3.63, 3.8) is 0 Å². The molecule has 0 aromatic heterocycles. The number of piperidine rings is 1. The van der Waals surface area contributed by atoms with E-state index < -0.39 is 5.41 Å². The third kappa shape index (κ3) is 4.14. The number of Topliss-reactive ketones (excluding diaryl/α,β-unsaturated/α-hetero) is 1. The van der Waals surface area contributed by atoms with Crippen LogP contribution in [0.1, 0.15) is 103 Å². The lowest BCUT2D eigenvalue weighted by atomic mass is 9.47. The fourth-order valence-electron chi connectivity index (χ4n) is 9.80. The number of nitrogens with zero attached hydrogens (tertiary/aromatic N) is 2. The van der Waals surface area contributed by atoms with Crippen molar-refractivity contribution in [2.75, 3.05) is 18.0 Å². The molecule has 0 radical (unpaired) electrons. The summed E-state index contributed by atoms with van der Waals surface area (Å²) in [4.78, 5) is 27.9. The van der Waals surface area contributed by atoms with Crippen molar-refractivity contribution < 1.29 is 4.79 Å². The molecular weight excluding hydrogens is 492 g/mol. The Morgan fingerprint density at radius 3 is 2.55 bits per heavy atom. The molecule has 0 N–H and O–H groups in total. The zero-order valence-corrected chi connectivity index (χ0v) is 25.0. The molecule has 7 atom stereocenters. The van der Waals surface area contributed by atoms with E-state index in [0.29, 0.717) is 30.0 Å². The second-order valence-corrected chi connectivity index (χ2v) is 13.5. The van der Waals surface area contributed by atoms with Gasteiger partial charge in [0.1, 0.15) is 6.04 Å². The molecule has 1 aromatic carbocycles. The summed E-state index contributed by atoms with van der Waals surface area (Å²) < 4.78 is 0. The van der Waals surface area contributed by atoms with E-state index in [4.69, 9.17) is 0 Å². The summed E-state index contributed by atoms with van der Waals surface area (Å²) in [6, 6.07) is 9.25. The fraction of sp³-hybridized carbons (Fsp3) is 0.639. The third-order valence-electron chi connectivity index (χ3n) is 11.7. The van der Waals surface area contributed by atoms with Crippen LogP contribution in [0.3, 0.4) is 0 Å². The third-order valence-corrected chi connectivity index (χ3v) is 11.7. The van der Waals surface area contributed by atoms with E-state index in [1.165, 1.54) is 41.7 Å². The van der Waals surface area contributed by atoms with E-state index in [9.17, 15) is 9.70 Å². The number of rotatable bonds is 5. The molecule has 0 amide bonds. The molecule has 4 nitrogen and oxygen atoms in total. The lowest BCUT2D eigenvalue weighted by Gasteiger charge is -2.55. The van der Waals surface area contributed by atoms with Crippen LogP contribution in [0.25, 0.3) is 0 Å². The van der Waals surface area contributed by atoms with E-state index in [2.05, 4.69) is 66.1 Å². The average Bonchev–Trinajstić information content (AvgIpc) is 3.29. The Morgan fingerprint density at radius 1 is 1.12 bits per heavy atom. The molecule has 6 rings (SSSR count). The number of carbonyl (C=O) groups excluding carboxylic acids is 1. The van der Waals surface area contributed by atoms with Crippen molar-refractivity contribution in [2.24, 2.45) is 33.8 Å². The van der Waals surface area contributed by atoms with Crippen LogP contribution in [0, 0.1) is 45.3 Å². The second-order valence-electron chi connectivity index (χ2n) is 13.5. The molecular formula is C36H46N2O2. The van der Waals surface area contributed by atoms with E-state index in [-0.39, 0.29) is 17.4 Å². The van der Waals surface area contributed by atoms with E-state index in [0.717, 1.165) is 51.6 Å². The number of ketones is 1. The van der Waals surface area contributed by atoms with E-state index >= 15 is 0 Å². The first-order valence-electron chi connectivity index (χ1n) is 16.0. The highest BCUT2D eigenvalue weighted by molar-refractivity contribution is 5.89. The smallest absolute Gasteiger partial charge is 0.151 e. The Morgan fingerprint density at radius 2 is 1.88 bits per heavy atom. The predicted octanol–water partition coefficient (Wildman–Crippen LogP) is 8.38. The van der Waals surface area contributed by atoms with Gasteiger partial charge in [-0.25, -0.2) is 0 Å². The maximum absolute atomic E-state index is 13.8. The number of nitroso groups, excluding NO2 is 1. The number of benzene rings is 1. The lowest BCUT2D eigenvalue weighted by molar-refractivity contribution is -0.132. The first-order chi connectivity index (χ1) is 19.4. The van der Waals surface area contributed by atoms with E-state index in [1.807, 2.05) is 13.8 Å². The normalized spacial score (nSPS) is 37.0. The molecule has 5 aliphatic rings. The largest absolute Gasteiger partial charge is 0.372 e. The monoisotopic (exact) mass is 538 g/mol. The molecule has 0 spiro atoms. The highest BCUT2D eigenvalue weighted by atomic mass is 16.3. The summed E-state index contributed by atoms with van der Waals surface area (Å²) in [7, 11) is 0. The molecule has 4 heteroatoms. The van der Waals surface area contributed by atoms with Crippen LogP contribution in [0.2, 0.25) is 0 Å². The first kappa shape index (κ1) is 27.5. The van der Waals surface area contributed by atoms with Gasteiger partial charge in [-0.15, -0.1) is 5.92 Å². The van der Waals surface area contributed by atoms with Crippen LogP contribution in [0.15, 0.2) is 52.2 Å². The van der Waals surface area contributed by atoms with Gasteiger partial charge in [-0.3, -0.25) is 4.79 Å². The van der Waals surface area contributed by atoms with Crippen molar-refractivity contribution in [3.05, 3.63) is 57.5 Å². The fourth-order valence-corrected chi connectivity index (χ4v) is 9.80. The molecule has 1 aliphatic heterocycles. The molecule has 1 aromatic rings. The number of carbonyl (C=O) groups is 1. The van der Waals surface area contributed by atoms with Gasteiger partial charge in [0.2, 0.25) is 0 Å². The van der Waals surface area contributed by atoms with Crippen LogP contribution in [0.5, 0.6) is 0 Å². The zero-order valence-electron chi connectivity index (χ0n) is 25.0. The van der Waals surface area contributed by atoms with Crippen LogP contribution < -0.4 is 4.90 Å². The minimum atomic E-state index is -0.554. The summed E-state index contributed by atoms with van der Waals surface area (Å²) in [5.41, 5.74) is 6.51. The van der Waals surface area contributed by atoms with Crippen molar-refractivity contribution in [3.8, 4) is 11.8 Å².